The first-order valence-corrected chi connectivity index (χ1v) is 14.2. The summed E-state index contributed by atoms with van der Waals surface area (Å²) in [6, 6.07) is 31.1. The second-order valence-corrected chi connectivity index (χ2v) is 10.1. The largest absolute Gasteiger partial charge is 0.378 e. The van der Waals surface area contributed by atoms with Gasteiger partial charge in [-0.2, -0.15) is 0 Å². The van der Waals surface area contributed by atoms with Crippen LogP contribution in [0.1, 0.15) is 73.1 Å². The molecule has 0 radical (unpaired) electrons. The molecule has 4 heteroatoms. The van der Waals surface area contributed by atoms with Gasteiger partial charge in [0, 0.05) is 13.1 Å². The van der Waals surface area contributed by atoms with E-state index < -0.39 is 5.54 Å². The summed E-state index contributed by atoms with van der Waals surface area (Å²) in [5.41, 5.74) is 10.2. The second kappa shape index (κ2) is 15.0. The van der Waals surface area contributed by atoms with Crippen LogP contribution in [0.3, 0.4) is 0 Å². The van der Waals surface area contributed by atoms with Gasteiger partial charge in [-0.1, -0.05) is 117 Å². The van der Waals surface area contributed by atoms with Crippen LogP contribution in [0.15, 0.2) is 84.9 Å². The van der Waals surface area contributed by atoms with E-state index in [1.54, 1.807) is 0 Å². The van der Waals surface area contributed by atoms with Crippen LogP contribution in [0, 0.1) is 0 Å². The first-order chi connectivity index (χ1) is 18.3. The molecule has 0 spiro atoms. The highest BCUT2D eigenvalue weighted by atomic mass is 16.5. The third-order valence-electron chi connectivity index (χ3n) is 7.60. The molecule has 3 aromatic carbocycles. The standard InChI is InChI=1S/C33H44N2O2/c34-22-24-36-26-27-37-25-23-35-33(30-14-8-4-9-15-30,31-16-10-5-11-17-31)32-20-18-29(19-21-32)28-12-6-2-1-3-7-13-28/h4-5,8-11,14-21,28,35H,1-3,6-7,12-13,22-27,34H2. The fourth-order valence-electron chi connectivity index (χ4n) is 5.69. The molecule has 3 N–H and O–H groups in total. The quantitative estimate of drug-likeness (QED) is 0.211. The molecule has 1 fully saturated rings. The first kappa shape index (κ1) is 27.5. The van der Waals surface area contributed by atoms with E-state index in [0.29, 0.717) is 45.4 Å². The molecule has 0 aliphatic heterocycles. The van der Waals surface area contributed by atoms with Crippen molar-refractivity contribution < 1.29 is 9.47 Å². The first-order valence-electron chi connectivity index (χ1n) is 14.2. The van der Waals surface area contributed by atoms with Gasteiger partial charge in [0.15, 0.2) is 0 Å². The molecule has 0 aromatic heterocycles. The number of hydrogen-bond donors (Lipinski definition) is 2. The zero-order valence-electron chi connectivity index (χ0n) is 22.2. The van der Waals surface area contributed by atoms with Gasteiger partial charge < -0.3 is 15.2 Å². The summed E-state index contributed by atoms with van der Waals surface area (Å²) in [4.78, 5) is 0. The summed E-state index contributed by atoms with van der Waals surface area (Å²) in [5, 5.41) is 3.92. The van der Waals surface area contributed by atoms with Crippen molar-refractivity contribution in [2.75, 3.05) is 39.5 Å². The van der Waals surface area contributed by atoms with Crippen molar-refractivity contribution >= 4 is 0 Å². The van der Waals surface area contributed by atoms with Crippen LogP contribution in [0.25, 0.3) is 0 Å². The van der Waals surface area contributed by atoms with Crippen molar-refractivity contribution in [2.45, 2.75) is 56.4 Å². The lowest BCUT2D eigenvalue weighted by molar-refractivity contribution is 0.0507. The molecule has 4 rings (SSSR count). The van der Waals surface area contributed by atoms with Crippen molar-refractivity contribution in [1.29, 1.82) is 0 Å². The van der Waals surface area contributed by atoms with Gasteiger partial charge >= 0.3 is 0 Å². The molecule has 1 aliphatic rings. The Labute approximate surface area is 223 Å². The Bertz CT molecular complexity index is 960. The molecule has 0 bridgehead atoms. The van der Waals surface area contributed by atoms with Crippen LogP contribution < -0.4 is 11.1 Å². The van der Waals surface area contributed by atoms with Gasteiger partial charge in [0.1, 0.15) is 0 Å². The minimum atomic E-state index is -0.471. The summed E-state index contributed by atoms with van der Waals surface area (Å²) < 4.78 is 11.3. The number of nitrogens with one attached hydrogen (secondary N) is 1. The third-order valence-corrected chi connectivity index (χ3v) is 7.60. The van der Waals surface area contributed by atoms with E-state index in [0.717, 1.165) is 0 Å². The molecule has 198 valence electrons. The average Bonchev–Trinajstić information content (AvgIpc) is 2.94. The average molecular weight is 501 g/mol. The number of hydrogen-bond acceptors (Lipinski definition) is 4. The highest BCUT2D eigenvalue weighted by Gasteiger charge is 2.35. The Balaban J connectivity index is 1.60. The predicted molar refractivity (Wildman–Crippen MR) is 153 cm³/mol. The maximum absolute atomic E-state index is 5.88. The van der Waals surface area contributed by atoms with E-state index >= 15 is 0 Å². The lowest BCUT2D eigenvalue weighted by Crippen LogP contribution is -2.46. The monoisotopic (exact) mass is 500 g/mol. The van der Waals surface area contributed by atoms with Crippen LogP contribution >= 0.6 is 0 Å². The zero-order valence-corrected chi connectivity index (χ0v) is 22.2. The maximum atomic E-state index is 5.88. The van der Waals surface area contributed by atoms with Gasteiger partial charge in [-0.05, 0) is 41.0 Å². The van der Waals surface area contributed by atoms with E-state index in [1.807, 2.05) is 0 Å². The van der Waals surface area contributed by atoms with Crippen LogP contribution in [0.5, 0.6) is 0 Å². The maximum Gasteiger partial charge on any atom is 0.0948 e. The van der Waals surface area contributed by atoms with Crippen molar-refractivity contribution in [1.82, 2.24) is 5.32 Å². The lowest BCUT2D eigenvalue weighted by atomic mass is 9.76. The van der Waals surface area contributed by atoms with E-state index in [-0.39, 0.29) is 0 Å². The van der Waals surface area contributed by atoms with Gasteiger partial charge in [-0.3, -0.25) is 5.32 Å². The molecule has 3 aromatic rings. The van der Waals surface area contributed by atoms with E-state index in [4.69, 9.17) is 15.2 Å². The van der Waals surface area contributed by atoms with Crippen molar-refractivity contribution in [2.24, 2.45) is 5.73 Å². The summed E-state index contributed by atoms with van der Waals surface area (Å²) in [6.45, 7) is 3.57. The van der Waals surface area contributed by atoms with Crippen molar-refractivity contribution in [3.63, 3.8) is 0 Å². The van der Waals surface area contributed by atoms with E-state index in [1.165, 1.54) is 67.2 Å². The highest BCUT2D eigenvalue weighted by molar-refractivity contribution is 5.50. The van der Waals surface area contributed by atoms with Crippen LogP contribution in [0.2, 0.25) is 0 Å². The molecule has 37 heavy (non-hydrogen) atoms. The third kappa shape index (κ3) is 7.52. The summed E-state index contributed by atoms with van der Waals surface area (Å²) >= 11 is 0. The zero-order chi connectivity index (χ0) is 25.6. The van der Waals surface area contributed by atoms with Gasteiger partial charge in [-0.15, -0.1) is 0 Å². The van der Waals surface area contributed by atoms with Gasteiger partial charge in [-0.25, -0.2) is 0 Å². The molecule has 4 nitrogen and oxygen atoms in total. The number of nitrogens with two attached hydrogens (primary N) is 1. The topological polar surface area (TPSA) is 56.5 Å². The highest BCUT2D eigenvalue weighted by Crippen LogP contribution is 2.38. The fraction of sp³-hybridized carbons (Fsp3) is 0.455. The SMILES string of the molecule is NCCOCCOCCNC(c1ccccc1)(c1ccccc1)c1ccc(C2CCCCCCC2)cc1. The van der Waals surface area contributed by atoms with E-state index in [9.17, 15) is 0 Å². The Kier molecular flexibility index (Phi) is 11.2. The minimum Gasteiger partial charge on any atom is -0.378 e. The van der Waals surface area contributed by atoms with Crippen LogP contribution in [-0.2, 0) is 15.0 Å². The molecular weight excluding hydrogens is 456 g/mol. The fourth-order valence-corrected chi connectivity index (χ4v) is 5.69. The molecule has 0 amide bonds. The Morgan fingerprint density at radius 3 is 1.70 bits per heavy atom. The number of benzene rings is 3. The minimum absolute atomic E-state index is 0.471. The second-order valence-electron chi connectivity index (χ2n) is 10.1. The smallest absolute Gasteiger partial charge is 0.0948 e. The molecule has 0 saturated heterocycles. The number of rotatable bonds is 13. The predicted octanol–water partition coefficient (Wildman–Crippen LogP) is 6.39. The molecule has 0 unspecified atom stereocenters. The normalized spacial score (nSPS) is 15.3. The molecule has 1 aliphatic carbocycles. The van der Waals surface area contributed by atoms with Crippen LogP contribution in [0.4, 0.5) is 0 Å². The number of ether oxygens (including phenoxy) is 2. The molecule has 1 saturated carbocycles. The van der Waals surface area contributed by atoms with E-state index in [2.05, 4.69) is 90.2 Å². The molecule has 0 heterocycles. The Morgan fingerprint density at radius 2 is 1.14 bits per heavy atom. The van der Waals surface area contributed by atoms with Gasteiger partial charge in [0.05, 0.1) is 32.0 Å². The summed E-state index contributed by atoms with van der Waals surface area (Å²) in [6.07, 6.45) is 9.49. The van der Waals surface area contributed by atoms with Gasteiger partial charge in [0.25, 0.3) is 0 Å². The van der Waals surface area contributed by atoms with Gasteiger partial charge in [0.2, 0.25) is 0 Å². The van der Waals surface area contributed by atoms with Crippen molar-refractivity contribution in [3.8, 4) is 0 Å². The Hall–Kier alpha value is -2.50. The Morgan fingerprint density at radius 1 is 0.622 bits per heavy atom. The van der Waals surface area contributed by atoms with Crippen LogP contribution in [-0.4, -0.2) is 39.5 Å². The molecular formula is C33H44N2O2. The summed E-state index contributed by atoms with van der Waals surface area (Å²) in [5.74, 6) is 0.681. The lowest BCUT2D eigenvalue weighted by Gasteiger charge is -2.37. The summed E-state index contributed by atoms with van der Waals surface area (Å²) in [7, 11) is 0. The molecule has 0 atom stereocenters. The van der Waals surface area contributed by atoms with Crippen molar-refractivity contribution in [3.05, 3.63) is 107 Å².